The Kier molecular flexibility index (Phi) is 10.2. The van der Waals surface area contributed by atoms with Crippen molar-refractivity contribution in [3.8, 4) is 5.69 Å². The van der Waals surface area contributed by atoms with Crippen LogP contribution in [0, 0.1) is 13.8 Å². The molecule has 0 saturated carbocycles. The molecule has 2 nitrogen and oxygen atoms in total. The van der Waals surface area contributed by atoms with Crippen molar-refractivity contribution in [2.45, 2.75) is 13.8 Å². The van der Waals surface area contributed by atoms with Crippen LogP contribution in [0.1, 0.15) is 11.1 Å². The van der Waals surface area contributed by atoms with Gasteiger partial charge >= 0.3 is 26.2 Å². The van der Waals surface area contributed by atoms with Gasteiger partial charge in [0.1, 0.15) is 0 Å². The van der Waals surface area contributed by atoms with E-state index in [9.17, 15) is 0 Å². The van der Waals surface area contributed by atoms with Crippen LogP contribution in [0.15, 0.2) is 73.1 Å². The number of aryl methyl sites for hydroxylation is 2. The van der Waals surface area contributed by atoms with Gasteiger partial charge < -0.3 is 24.8 Å². The van der Waals surface area contributed by atoms with Crippen LogP contribution in [-0.2, 0) is 26.2 Å². The Hall–Kier alpha value is -1.15. The van der Waals surface area contributed by atoms with Crippen molar-refractivity contribution in [1.29, 1.82) is 0 Å². The van der Waals surface area contributed by atoms with Gasteiger partial charge in [-0.05, 0) is 11.8 Å². The van der Waals surface area contributed by atoms with E-state index < -0.39 is 0 Å². The molecule has 5 heteroatoms. The first-order valence-corrected chi connectivity index (χ1v) is 7.08. The number of fused-ring (bicyclic) bond motifs is 1. The predicted octanol–water partition coefficient (Wildman–Crippen LogP) is -1.23. The van der Waals surface area contributed by atoms with E-state index in [2.05, 4.69) is 73.5 Å². The van der Waals surface area contributed by atoms with E-state index in [0.29, 0.717) is 0 Å². The molecular weight excluding hydrogens is 418 g/mol. The molecule has 0 bridgehead atoms. The van der Waals surface area contributed by atoms with Crippen molar-refractivity contribution in [3.05, 3.63) is 84.2 Å². The summed E-state index contributed by atoms with van der Waals surface area (Å²) >= 11 is 0. The van der Waals surface area contributed by atoms with Crippen molar-refractivity contribution in [2.24, 2.45) is 0 Å². The van der Waals surface area contributed by atoms with E-state index in [1.807, 2.05) is 16.9 Å². The fraction of sp³-hybridized carbons (Fsp3) is 0.105. The zero-order valence-electron chi connectivity index (χ0n) is 13.6. The van der Waals surface area contributed by atoms with E-state index in [-0.39, 0.29) is 51.0 Å². The van der Waals surface area contributed by atoms with Gasteiger partial charge in [-0.1, -0.05) is 19.9 Å². The predicted molar refractivity (Wildman–Crippen MR) is 88.2 cm³/mol. The summed E-state index contributed by atoms with van der Waals surface area (Å²) in [5.41, 5.74) is 3.90. The molecule has 1 aromatic heterocycles. The minimum atomic E-state index is 0. The molecule has 0 aliphatic carbocycles. The zero-order chi connectivity index (χ0) is 14.7. The third-order valence-corrected chi connectivity index (χ3v) is 3.69. The number of hydrogen-bond donors (Lipinski definition) is 0. The van der Waals surface area contributed by atoms with Crippen LogP contribution < -0.4 is 24.8 Å². The quantitative estimate of drug-likeness (QED) is 0.342. The fourth-order valence-electron chi connectivity index (χ4n) is 2.29. The largest absolute Gasteiger partial charge is 4.00 e. The topological polar surface area (TPSA) is 17.8 Å². The van der Waals surface area contributed by atoms with E-state index in [0.717, 1.165) is 5.69 Å². The number of rotatable bonds is 1. The summed E-state index contributed by atoms with van der Waals surface area (Å²) in [5, 5.41) is 6.72. The minimum Gasteiger partial charge on any atom is -1.00 e. The number of aromatic nitrogens is 2. The second kappa shape index (κ2) is 10.7. The molecular formula is C19H18Cl2N2Zr. The van der Waals surface area contributed by atoms with Crippen LogP contribution in [0.3, 0.4) is 0 Å². The Labute approximate surface area is 174 Å². The Balaban J connectivity index is 0.000000463. The van der Waals surface area contributed by atoms with Gasteiger partial charge in [-0.15, -0.1) is 41.1 Å². The molecule has 0 aliphatic rings. The van der Waals surface area contributed by atoms with Crippen LogP contribution in [-0.4, -0.2) is 9.78 Å². The molecule has 3 aromatic carbocycles. The van der Waals surface area contributed by atoms with E-state index in [1.54, 1.807) is 6.20 Å². The van der Waals surface area contributed by atoms with Gasteiger partial charge in [-0.3, -0.25) is 4.68 Å². The van der Waals surface area contributed by atoms with Crippen molar-refractivity contribution in [3.63, 3.8) is 0 Å². The van der Waals surface area contributed by atoms with Crippen molar-refractivity contribution < 1.29 is 51.0 Å². The first-order valence-electron chi connectivity index (χ1n) is 7.08. The average Bonchev–Trinajstić information content (AvgIpc) is 3.21. The Morgan fingerprint density at radius 3 is 2.29 bits per heavy atom. The van der Waals surface area contributed by atoms with Crippen molar-refractivity contribution >= 4 is 10.8 Å². The molecule has 0 aliphatic heterocycles. The molecule has 0 amide bonds. The van der Waals surface area contributed by atoms with Crippen LogP contribution in [0.5, 0.6) is 0 Å². The molecule has 24 heavy (non-hydrogen) atoms. The van der Waals surface area contributed by atoms with Crippen molar-refractivity contribution in [1.82, 2.24) is 9.78 Å². The zero-order valence-corrected chi connectivity index (χ0v) is 17.5. The Morgan fingerprint density at radius 1 is 1.04 bits per heavy atom. The Bertz CT molecular complexity index is 782. The number of benzene rings is 1. The summed E-state index contributed by atoms with van der Waals surface area (Å²) in [6, 6.07) is 20.9. The van der Waals surface area contributed by atoms with Crippen LogP contribution in [0.4, 0.5) is 0 Å². The van der Waals surface area contributed by atoms with Gasteiger partial charge in [-0.25, -0.2) is 12.1 Å². The van der Waals surface area contributed by atoms with E-state index in [1.165, 1.54) is 21.9 Å². The smallest absolute Gasteiger partial charge is 1.00 e. The maximum absolute atomic E-state index is 4.20. The third-order valence-electron chi connectivity index (χ3n) is 3.69. The fourth-order valence-corrected chi connectivity index (χ4v) is 2.29. The molecule has 0 spiro atoms. The van der Waals surface area contributed by atoms with Gasteiger partial charge in [0.2, 0.25) is 0 Å². The number of hydrogen-bond acceptors (Lipinski definition) is 1. The molecule has 0 radical (unpaired) electrons. The van der Waals surface area contributed by atoms with Crippen LogP contribution in [0.2, 0.25) is 0 Å². The molecule has 0 saturated heterocycles. The van der Waals surface area contributed by atoms with Gasteiger partial charge in [0.25, 0.3) is 0 Å². The van der Waals surface area contributed by atoms with Gasteiger partial charge in [-0.2, -0.15) is 22.3 Å². The molecule has 4 aromatic rings. The molecule has 122 valence electrons. The minimum absolute atomic E-state index is 0. The van der Waals surface area contributed by atoms with E-state index in [4.69, 9.17) is 0 Å². The average molecular weight is 436 g/mol. The second-order valence-electron chi connectivity index (χ2n) is 5.18. The first kappa shape index (κ1) is 22.9. The molecule has 0 fully saturated rings. The summed E-state index contributed by atoms with van der Waals surface area (Å²) in [7, 11) is 0. The number of halogens is 2. The molecule has 1 heterocycles. The summed E-state index contributed by atoms with van der Waals surface area (Å²) in [4.78, 5) is 0. The summed E-state index contributed by atoms with van der Waals surface area (Å²) in [5.74, 6) is 0. The SMILES string of the molecule is Cc1ccc[c-]1C.[Cl-].[Cl-].[Zr+4].c1ccc2[cH-]c(-n3cccn3)cc2c1. The normalized spacial score (nSPS) is 9.08. The van der Waals surface area contributed by atoms with Gasteiger partial charge in [0.15, 0.2) is 0 Å². The first-order chi connectivity index (χ1) is 10.2. The molecule has 0 atom stereocenters. The van der Waals surface area contributed by atoms with Gasteiger partial charge in [0, 0.05) is 12.4 Å². The molecule has 4 rings (SSSR count). The molecule has 0 unspecified atom stereocenters. The molecule has 0 N–H and O–H groups in total. The van der Waals surface area contributed by atoms with E-state index >= 15 is 0 Å². The Morgan fingerprint density at radius 2 is 1.79 bits per heavy atom. The summed E-state index contributed by atoms with van der Waals surface area (Å²) in [6.07, 6.45) is 3.74. The second-order valence-corrected chi connectivity index (χ2v) is 5.18. The monoisotopic (exact) mass is 434 g/mol. The standard InChI is InChI=1S/C12H9N2.C7H9.2ClH.Zr/c1-2-5-11-9-12(8-10(11)4-1)14-7-3-6-13-14;1-6-4-3-5-7(6)2;;;/h1-9H;3-5H,1-2H3;2*1H;/q2*-1;;;+4/p-2. The van der Waals surface area contributed by atoms with Gasteiger partial charge in [0.05, 0.1) is 0 Å². The number of nitrogens with zero attached hydrogens (tertiary/aromatic N) is 2. The van der Waals surface area contributed by atoms with Crippen LogP contribution in [0.25, 0.3) is 16.5 Å². The maximum Gasteiger partial charge on any atom is 4.00 e. The maximum atomic E-state index is 4.20. The summed E-state index contributed by atoms with van der Waals surface area (Å²) in [6.45, 7) is 4.24. The summed E-state index contributed by atoms with van der Waals surface area (Å²) < 4.78 is 1.88. The van der Waals surface area contributed by atoms with Crippen molar-refractivity contribution in [2.75, 3.05) is 0 Å². The van der Waals surface area contributed by atoms with Crippen LogP contribution >= 0.6 is 0 Å². The third kappa shape index (κ3) is 5.44.